The van der Waals surface area contributed by atoms with Crippen LogP contribution >= 0.6 is 0 Å². The zero-order valence-corrected chi connectivity index (χ0v) is 19.0. The fourth-order valence-electron chi connectivity index (χ4n) is 4.59. The van der Waals surface area contributed by atoms with E-state index in [2.05, 4.69) is 10.4 Å². The molecule has 3 atom stereocenters. The maximum Gasteiger partial charge on any atom is 0.161 e. The van der Waals surface area contributed by atoms with Gasteiger partial charge in [0.25, 0.3) is 0 Å². The van der Waals surface area contributed by atoms with E-state index >= 15 is 0 Å². The van der Waals surface area contributed by atoms with E-state index in [4.69, 9.17) is 20.1 Å². The summed E-state index contributed by atoms with van der Waals surface area (Å²) in [5, 5.41) is 17.7. The van der Waals surface area contributed by atoms with Crippen molar-refractivity contribution in [1.29, 1.82) is 5.41 Å². The second-order valence-corrected chi connectivity index (χ2v) is 8.71. The number of aromatic nitrogens is 4. The zero-order valence-electron chi connectivity index (χ0n) is 19.0. The van der Waals surface area contributed by atoms with Gasteiger partial charge in [-0.2, -0.15) is 5.10 Å². The zero-order chi connectivity index (χ0) is 22.8. The summed E-state index contributed by atoms with van der Waals surface area (Å²) in [5.74, 6) is 1.46. The second kappa shape index (κ2) is 9.25. The van der Waals surface area contributed by atoms with Gasteiger partial charge < -0.3 is 20.8 Å². The Hall–Kier alpha value is -3.36. The van der Waals surface area contributed by atoms with E-state index in [1.807, 2.05) is 68.5 Å². The van der Waals surface area contributed by atoms with E-state index in [-0.39, 0.29) is 12.1 Å². The van der Waals surface area contributed by atoms with E-state index in [1.165, 1.54) is 19.1 Å². The van der Waals surface area contributed by atoms with Gasteiger partial charge in [0, 0.05) is 42.3 Å². The van der Waals surface area contributed by atoms with Gasteiger partial charge in [0.1, 0.15) is 18.1 Å². The van der Waals surface area contributed by atoms with Crippen LogP contribution in [0.25, 0.3) is 28.1 Å². The first-order valence-electron chi connectivity index (χ1n) is 11.5. The maximum absolute atomic E-state index is 7.74. The summed E-state index contributed by atoms with van der Waals surface area (Å²) in [6, 6.07) is 8.28. The highest BCUT2D eigenvalue weighted by atomic mass is 16.6. The number of quaternary nitrogens is 1. The van der Waals surface area contributed by atoms with Crippen molar-refractivity contribution in [2.45, 2.75) is 43.9 Å². The van der Waals surface area contributed by atoms with Crippen molar-refractivity contribution in [3.05, 3.63) is 54.6 Å². The number of aryl methyl sites for hydroxylation is 1. The van der Waals surface area contributed by atoms with Crippen LogP contribution in [0.3, 0.4) is 0 Å². The monoisotopic (exact) mass is 444 g/mol. The Morgan fingerprint density at radius 1 is 1.24 bits per heavy atom. The first kappa shape index (κ1) is 21.5. The Balaban J connectivity index is 1.52. The molecule has 0 bridgehead atoms. The molecular formula is C25H30N7O+. The van der Waals surface area contributed by atoms with E-state index in [9.17, 15) is 0 Å². The van der Waals surface area contributed by atoms with Crippen LogP contribution in [0.1, 0.15) is 31.2 Å². The Labute approximate surface area is 193 Å². The smallest absolute Gasteiger partial charge is 0.161 e. The van der Waals surface area contributed by atoms with Crippen LogP contribution in [-0.2, 0) is 11.8 Å². The first-order valence-corrected chi connectivity index (χ1v) is 11.5. The molecule has 4 N–H and O–H groups in total. The summed E-state index contributed by atoms with van der Waals surface area (Å²) in [4.78, 5) is 9.68. The minimum atomic E-state index is 0.245. The number of fused-ring (bicyclic) bond motifs is 1. The summed E-state index contributed by atoms with van der Waals surface area (Å²) < 4.78 is 7.72. The van der Waals surface area contributed by atoms with Crippen molar-refractivity contribution in [2.75, 3.05) is 12.4 Å². The van der Waals surface area contributed by atoms with Crippen molar-refractivity contribution >= 4 is 17.6 Å². The highest BCUT2D eigenvalue weighted by molar-refractivity contribution is 6.08. The van der Waals surface area contributed by atoms with Gasteiger partial charge in [0.2, 0.25) is 0 Å². The summed E-state index contributed by atoms with van der Waals surface area (Å²) >= 11 is 0. The molecule has 8 nitrogen and oxygen atoms in total. The number of nitrogens with zero attached hydrogens (tertiary/aromatic N) is 4. The number of ether oxygens (including phenoxy) is 1. The number of hydrogen-bond donors (Lipinski definition) is 3. The van der Waals surface area contributed by atoms with Crippen LogP contribution in [0.15, 0.2) is 49.1 Å². The molecule has 8 heteroatoms. The average molecular weight is 445 g/mol. The Bertz CT molecular complexity index is 1190. The Morgan fingerprint density at radius 3 is 2.91 bits per heavy atom. The molecule has 3 heterocycles. The minimum Gasteiger partial charge on any atom is -0.367 e. The van der Waals surface area contributed by atoms with Crippen LogP contribution in [0.2, 0.25) is 0 Å². The number of rotatable bonds is 7. The third kappa shape index (κ3) is 4.58. The molecule has 1 aliphatic heterocycles. The molecule has 0 spiro atoms. The quantitative estimate of drug-likeness (QED) is 0.384. The normalized spacial score (nSPS) is 22.4. The lowest BCUT2D eigenvalue weighted by atomic mass is 10.0. The van der Waals surface area contributed by atoms with Gasteiger partial charge in [-0.05, 0) is 24.5 Å². The van der Waals surface area contributed by atoms with Gasteiger partial charge in [0.15, 0.2) is 5.82 Å². The predicted octanol–water partition coefficient (Wildman–Crippen LogP) is 2.85. The molecule has 5 rings (SSSR count). The number of nitrogens with one attached hydrogen (secondary N) is 2. The molecule has 1 aromatic carbocycles. The molecule has 0 amide bonds. The van der Waals surface area contributed by atoms with Gasteiger partial charge in [-0.3, -0.25) is 4.68 Å². The predicted molar refractivity (Wildman–Crippen MR) is 129 cm³/mol. The van der Waals surface area contributed by atoms with E-state index in [0.717, 1.165) is 46.5 Å². The van der Waals surface area contributed by atoms with Crippen LogP contribution in [0.5, 0.6) is 0 Å². The standard InChI is InChI=1S/C25H29N7O/c1-27-12-18(11-26)16-6-5-7-17(10-16)24-28-14-20(19-13-29-32(2)15-19)25(31-24)30-21-8-3-4-9-22-23(21)33-22/h5-7,10-15,21-23,26-27H,3-4,8-9H2,1-2H3,(H,28,30,31)/p+1. The largest absolute Gasteiger partial charge is 0.367 e. The third-order valence-electron chi connectivity index (χ3n) is 6.35. The van der Waals surface area contributed by atoms with Crippen LogP contribution in [0.4, 0.5) is 5.82 Å². The lowest BCUT2D eigenvalue weighted by Crippen LogP contribution is -2.72. The van der Waals surface area contributed by atoms with Crippen LogP contribution < -0.4 is 10.6 Å². The molecule has 3 aromatic rings. The highest BCUT2D eigenvalue weighted by Crippen LogP contribution is 2.38. The fourth-order valence-corrected chi connectivity index (χ4v) is 4.59. The lowest BCUT2D eigenvalue weighted by molar-refractivity contribution is -0.555. The second-order valence-electron chi connectivity index (χ2n) is 8.71. The molecular weight excluding hydrogens is 414 g/mol. The number of allylic oxidation sites excluding steroid dienone is 1. The molecule has 2 aliphatic rings. The van der Waals surface area contributed by atoms with Crippen molar-refractivity contribution in [3.63, 3.8) is 0 Å². The molecule has 170 valence electrons. The molecule has 1 aliphatic carbocycles. The van der Waals surface area contributed by atoms with Crippen molar-refractivity contribution in [2.24, 2.45) is 7.05 Å². The molecule has 0 radical (unpaired) electrons. The summed E-state index contributed by atoms with van der Waals surface area (Å²) in [7, 11) is 3.86. The molecule has 3 unspecified atom stereocenters. The summed E-state index contributed by atoms with van der Waals surface area (Å²) in [5.41, 5.74) is 4.64. The number of anilines is 1. The van der Waals surface area contributed by atoms with Crippen molar-refractivity contribution in [1.82, 2.24) is 19.7 Å². The lowest BCUT2D eigenvalue weighted by Gasteiger charge is -2.19. The molecule has 33 heavy (non-hydrogen) atoms. The van der Waals surface area contributed by atoms with Crippen LogP contribution in [0, 0.1) is 5.41 Å². The number of nitrogens with two attached hydrogens (primary N) is 1. The van der Waals surface area contributed by atoms with Crippen LogP contribution in [-0.4, -0.2) is 51.3 Å². The molecule has 2 fully saturated rings. The summed E-state index contributed by atoms with van der Waals surface area (Å²) in [6.07, 6.45) is 14.3. The summed E-state index contributed by atoms with van der Waals surface area (Å²) in [6.45, 7) is 0. The molecule has 2 aromatic heterocycles. The average Bonchev–Trinajstić information content (AvgIpc) is 3.52. The maximum atomic E-state index is 7.74. The van der Waals surface area contributed by atoms with E-state index in [1.54, 1.807) is 4.68 Å². The first-order chi connectivity index (χ1) is 16.2. The van der Waals surface area contributed by atoms with Gasteiger partial charge in [0.05, 0.1) is 31.0 Å². The topological polar surface area (TPSA) is 109 Å². The van der Waals surface area contributed by atoms with Gasteiger partial charge in [-0.25, -0.2) is 9.97 Å². The van der Waals surface area contributed by atoms with Gasteiger partial charge in [-0.1, -0.05) is 31.0 Å². The Morgan fingerprint density at radius 2 is 2.12 bits per heavy atom. The van der Waals surface area contributed by atoms with E-state index < -0.39 is 0 Å². The van der Waals surface area contributed by atoms with Gasteiger partial charge >= 0.3 is 0 Å². The molecule has 1 saturated carbocycles. The fraction of sp³-hybridized carbons (Fsp3) is 0.360. The third-order valence-corrected chi connectivity index (χ3v) is 6.35. The van der Waals surface area contributed by atoms with Gasteiger partial charge in [-0.15, -0.1) is 0 Å². The minimum absolute atomic E-state index is 0.245. The number of hydrogen-bond acceptors (Lipinski definition) is 6. The number of epoxide rings is 1. The molecule has 1 saturated heterocycles. The number of benzene rings is 1. The SMILES string of the molecule is C[NH2+]C=C(C=N)c1cccc(-c2ncc(-c3cnn(C)c3)c(NC3CCCCC4OC34)n2)c1. The van der Waals surface area contributed by atoms with Crippen molar-refractivity contribution < 1.29 is 10.1 Å². The van der Waals surface area contributed by atoms with E-state index in [0.29, 0.717) is 11.9 Å². The Kier molecular flexibility index (Phi) is 6.02. The highest BCUT2D eigenvalue weighted by Gasteiger charge is 2.45. The van der Waals surface area contributed by atoms with Crippen molar-refractivity contribution in [3.8, 4) is 22.5 Å².